The summed E-state index contributed by atoms with van der Waals surface area (Å²) in [6.07, 6.45) is 0.605. The molecule has 0 amide bonds. The molecule has 7 nitrogen and oxygen atoms in total. The zero-order chi connectivity index (χ0) is 21.3. The van der Waals surface area contributed by atoms with E-state index in [1.54, 1.807) is 29.7 Å². The zero-order valence-electron chi connectivity index (χ0n) is 17.3. The van der Waals surface area contributed by atoms with Crippen LogP contribution in [-0.2, 0) is 17.7 Å². The zero-order valence-corrected chi connectivity index (χ0v) is 17.3. The van der Waals surface area contributed by atoms with E-state index in [0.717, 1.165) is 5.56 Å². The summed E-state index contributed by atoms with van der Waals surface area (Å²) >= 11 is 0. The second-order valence-corrected chi connectivity index (χ2v) is 8.08. The average molecular weight is 395 g/mol. The Morgan fingerprint density at radius 2 is 1.83 bits per heavy atom. The van der Waals surface area contributed by atoms with Gasteiger partial charge in [-0.2, -0.15) is 0 Å². The summed E-state index contributed by atoms with van der Waals surface area (Å²) in [6, 6.07) is 8.69. The summed E-state index contributed by atoms with van der Waals surface area (Å²) in [5, 5.41) is 0.407. The molecule has 0 fully saturated rings. The summed E-state index contributed by atoms with van der Waals surface area (Å²) in [5.74, 6) is 0.126. The Hall–Kier alpha value is -3.22. The van der Waals surface area contributed by atoms with Crippen LogP contribution in [0.1, 0.15) is 53.0 Å². The van der Waals surface area contributed by atoms with Crippen LogP contribution in [0.15, 0.2) is 35.1 Å². The van der Waals surface area contributed by atoms with Gasteiger partial charge in [0.25, 0.3) is 5.56 Å². The highest BCUT2D eigenvalue weighted by Gasteiger charge is 2.25. The van der Waals surface area contributed by atoms with Gasteiger partial charge >= 0.3 is 5.97 Å². The number of Topliss-reactive ketones (excluding diaryl/α,β-unsaturated/α-hetero) is 1. The molecule has 2 heterocycles. The second kappa shape index (κ2) is 7.66. The second-order valence-electron chi connectivity index (χ2n) is 8.08. The predicted molar refractivity (Wildman–Crippen MR) is 110 cm³/mol. The van der Waals surface area contributed by atoms with Crippen LogP contribution < -0.4 is 5.56 Å². The molecule has 1 N–H and O–H groups in total. The first kappa shape index (κ1) is 20.5. The Balaban J connectivity index is 1.87. The summed E-state index contributed by atoms with van der Waals surface area (Å²) in [6.45, 7) is 7.72. The van der Waals surface area contributed by atoms with Crippen LogP contribution in [-0.4, -0.2) is 33.4 Å². The number of aromatic amines is 1. The Labute approximate surface area is 168 Å². The van der Waals surface area contributed by atoms with Crippen LogP contribution in [0, 0.1) is 12.3 Å². The summed E-state index contributed by atoms with van der Waals surface area (Å²) in [5.41, 5.74) is 1.57. The van der Waals surface area contributed by atoms with Gasteiger partial charge < -0.3 is 9.72 Å². The lowest BCUT2D eigenvalue weighted by Gasteiger charge is -2.14. The first-order valence-electron chi connectivity index (χ1n) is 9.44. The molecule has 0 bridgehead atoms. The quantitative estimate of drug-likeness (QED) is 0.528. The van der Waals surface area contributed by atoms with Crippen molar-refractivity contribution in [1.29, 1.82) is 0 Å². The maximum Gasteiger partial charge on any atom is 0.337 e. The number of ketones is 1. The Kier molecular flexibility index (Phi) is 5.42. The molecule has 7 heteroatoms. The van der Waals surface area contributed by atoms with Crippen molar-refractivity contribution in [3.63, 3.8) is 0 Å². The first-order valence-corrected chi connectivity index (χ1v) is 9.44. The van der Waals surface area contributed by atoms with Crippen molar-refractivity contribution in [2.45, 2.75) is 40.7 Å². The number of ether oxygens (including phenoxy) is 1. The van der Waals surface area contributed by atoms with Crippen LogP contribution in [0.3, 0.4) is 0 Å². The summed E-state index contributed by atoms with van der Waals surface area (Å²) in [7, 11) is 1.34. The SMILES string of the molecule is COC(=O)c1ccc(CCn2c(C)nc3[nH]c(C(=O)C(C)(C)C)cc3c2=O)cc1. The molecular formula is C22H25N3O4. The van der Waals surface area contributed by atoms with Gasteiger partial charge in [0, 0.05) is 12.0 Å². The van der Waals surface area contributed by atoms with E-state index in [0.29, 0.717) is 41.1 Å². The number of fused-ring (bicyclic) bond motifs is 1. The van der Waals surface area contributed by atoms with Gasteiger partial charge in [0.1, 0.15) is 11.5 Å². The van der Waals surface area contributed by atoms with Crippen LogP contribution in [0.4, 0.5) is 0 Å². The highest BCUT2D eigenvalue weighted by molar-refractivity contribution is 6.01. The van der Waals surface area contributed by atoms with Crippen LogP contribution in [0.25, 0.3) is 11.0 Å². The summed E-state index contributed by atoms with van der Waals surface area (Å²) in [4.78, 5) is 44.5. The maximum atomic E-state index is 13.0. The van der Waals surface area contributed by atoms with Crippen molar-refractivity contribution < 1.29 is 14.3 Å². The number of esters is 1. The Morgan fingerprint density at radius 1 is 1.17 bits per heavy atom. The minimum atomic E-state index is -0.550. The number of nitrogens with one attached hydrogen (secondary N) is 1. The third-order valence-electron chi connectivity index (χ3n) is 4.86. The van der Waals surface area contributed by atoms with Crippen LogP contribution in [0.2, 0.25) is 0 Å². The fraction of sp³-hybridized carbons (Fsp3) is 0.364. The van der Waals surface area contributed by atoms with Crippen LogP contribution >= 0.6 is 0 Å². The topological polar surface area (TPSA) is 94.1 Å². The van der Waals surface area contributed by atoms with Gasteiger partial charge in [-0.1, -0.05) is 32.9 Å². The van der Waals surface area contributed by atoms with Crippen molar-refractivity contribution in [3.05, 3.63) is 63.3 Å². The monoisotopic (exact) mass is 395 g/mol. The van der Waals surface area contributed by atoms with E-state index in [1.165, 1.54) is 7.11 Å². The molecule has 1 aromatic carbocycles. The van der Waals surface area contributed by atoms with Crippen molar-refractivity contribution in [3.8, 4) is 0 Å². The van der Waals surface area contributed by atoms with E-state index in [9.17, 15) is 14.4 Å². The number of aromatic nitrogens is 3. The molecule has 0 aliphatic heterocycles. The number of rotatable bonds is 5. The number of aryl methyl sites for hydroxylation is 2. The third kappa shape index (κ3) is 4.13. The van der Waals surface area contributed by atoms with E-state index in [4.69, 9.17) is 4.74 Å². The highest BCUT2D eigenvalue weighted by atomic mass is 16.5. The fourth-order valence-corrected chi connectivity index (χ4v) is 3.17. The molecule has 0 atom stereocenters. The normalized spacial score (nSPS) is 11.6. The Morgan fingerprint density at radius 3 is 2.41 bits per heavy atom. The minimum absolute atomic E-state index is 0.0650. The van der Waals surface area contributed by atoms with E-state index in [-0.39, 0.29) is 17.3 Å². The van der Waals surface area contributed by atoms with Gasteiger partial charge in [-0.25, -0.2) is 9.78 Å². The van der Waals surface area contributed by atoms with Gasteiger partial charge in [-0.3, -0.25) is 14.2 Å². The molecule has 29 heavy (non-hydrogen) atoms. The highest BCUT2D eigenvalue weighted by Crippen LogP contribution is 2.22. The number of H-pyrrole nitrogens is 1. The number of hydrogen-bond donors (Lipinski definition) is 1. The van der Waals surface area contributed by atoms with Gasteiger partial charge in [0.2, 0.25) is 0 Å². The van der Waals surface area contributed by atoms with E-state index in [2.05, 4.69) is 9.97 Å². The standard InChI is InChI=1S/C22H25N3O4/c1-13-23-19-16(12-17(24-19)18(26)22(2,3)4)20(27)25(13)11-10-14-6-8-15(9-7-14)21(28)29-5/h6-9,12,24H,10-11H2,1-5H3. The Bertz CT molecular complexity index is 1130. The molecule has 3 rings (SSSR count). The fourth-order valence-electron chi connectivity index (χ4n) is 3.17. The van der Waals surface area contributed by atoms with Gasteiger partial charge in [0.05, 0.1) is 23.8 Å². The van der Waals surface area contributed by atoms with Gasteiger partial charge in [-0.15, -0.1) is 0 Å². The number of methoxy groups -OCH3 is 1. The van der Waals surface area contributed by atoms with Crippen molar-refractivity contribution in [1.82, 2.24) is 14.5 Å². The van der Waals surface area contributed by atoms with Gasteiger partial charge in [0.15, 0.2) is 5.78 Å². The molecule has 0 aliphatic carbocycles. The van der Waals surface area contributed by atoms with E-state index >= 15 is 0 Å². The molecule has 0 unspecified atom stereocenters. The lowest BCUT2D eigenvalue weighted by Crippen LogP contribution is -2.24. The predicted octanol–water partition coefficient (Wildman–Crippen LogP) is 3.29. The third-order valence-corrected chi connectivity index (χ3v) is 4.86. The number of benzene rings is 1. The number of carbonyl (C=O) groups is 2. The van der Waals surface area contributed by atoms with E-state index in [1.807, 2.05) is 32.9 Å². The van der Waals surface area contributed by atoms with Crippen molar-refractivity contribution in [2.24, 2.45) is 5.41 Å². The molecule has 0 aliphatic rings. The molecule has 0 saturated carbocycles. The largest absolute Gasteiger partial charge is 0.465 e. The van der Waals surface area contributed by atoms with Crippen molar-refractivity contribution in [2.75, 3.05) is 7.11 Å². The summed E-state index contributed by atoms with van der Waals surface area (Å²) < 4.78 is 6.30. The molecule has 3 aromatic rings. The number of nitrogens with zero attached hydrogens (tertiary/aromatic N) is 2. The van der Waals surface area contributed by atoms with Crippen LogP contribution in [0.5, 0.6) is 0 Å². The molecule has 2 aromatic heterocycles. The van der Waals surface area contributed by atoms with E-state index < -0.39 is 5.41 Å². The molecule has 152 valence electrons. The molecule has 0 radical (unpaired) electrons. The van der Waals surface area contributed by atoms with Gasteiger partial charge in [-0.05, 0) is 37.1 Å². The molecule has 0 spiro atoms. The molecule has 0 saturated heterocycles. The first-order chi connectivity index (χ1) is 13.6. The molecular weight excluding hydrogens is 370 g/mol. The number of carbonyl (C=O) groups excluding carboxylic acids is 2. The smallest absolute Gasteiger partial charge is 0.337 e. The number of hydrogen-bond acceptors (Lipinski definition) is 5. The average Bonchev–Trinajstić information content (AvgIpc) is 3.10. The maximum absolute atomic E-state index is 13.0. The lowest BCUT2D eigenvalue weighted by molar-refractivity contribution is 0.0600. The van der Waals surface area contributed by atoms with Crippen molar-refractivity contribution >= 4 is 22.8 Å². The minimum Gasteiger partial charge on any atom is -0.465 e. The lowest BCUT2D eigenvalue weighted by atomic mass is 9.89.